The van der Waals surface area contributed by atoms with Crippen molar-refractivity contribution in [1.29, 1.82) is 0 Å². The Labute approximate surface area is 137 Å². The van der Waals surface area contributed by atoms with Gasteiger partial charge in [-0.2, -0.15) is 0 Å². The Kier molecular flexibility index (Phi) is 4.21. The number of nitrogens with two attached hydrogens (primary N) is 1. The van der Waals surface area contributed by atoms with E-state index in [4.69, 9.17) is 5.73 Å². The minimum Gasteiger partial charge on any atom is -0.366 e. The van der Waals surface area contributed by atoms with Crippen LogP contribution in [0.1, 0.15) is 25.6 Å². The van der Waals surface area contributed by atoms with Gasteiger partial charge in [-0.3, -0.25) is 9.59 Å². The number of rotatable bonds is 5. The second-order valence-electron chi connectivity index (χ2n) is 4.93. The Morgan fingerprint density at radius 2 is 1.65 bits per heavy atom. The molecule has 114 valence electrons. The minimum atomic E-state index is -0.487. The van der Waals surface area contributed by atoms with Crippen LogP contribution in [-0.2, 0) is 0 Å². The number of benzene rings is 2. The van der Waals surface area contributed by atoms with Gasteiger partial charge in [-0.1, -0.05) is 36.4 Å². The SMILES string of the molecule is NC(=O)c1cccc(Nc2ccsc2C(=O)c2ccccc2)c1. The second kappa shape index (κ2) is 6.46. The van der Waals surface area contributed by atoms with Crippen LogP contribution in [0.2, 0.25) is 0 Å². The molecule has 4 nitrogen and oxygen atoms in total. The van der Waals surface area contributed by atoms with Crippen LogP contribution in [0.25, 0.3) is 0 Å². The molecule has 0 atom stereocenters. The lowest BCUT2D eigenvalue weighted by Crippen LogP contribution is -2.11. The summed E-state index contributed by atoms with van der Waals surface area (Å²) in [6.45, 7) is 0. The highest BCUT2D eigenvalue weighted by Crippen LogP contribution is 2.28. The van der Waals surface area contributed by atoms with E-state index < -0.39 is 5.91 Å². The molecular formula is C18H14N2O2S. The topological polar surface area (TPSA) is 72.2 Å². The van der Waals surface area contributed by atoms with Crippen LogP contribution in [0.15, 0.2) is 66.0 Å². The van der Waals surface area contributed by atoms with Crippen LogP contribution in [0.4, 0.5) is 11.4 Å². The Morgan fingerprint density at radius 3 is 2.39 bits per heavy atom. The first-order chi connectivity index (χ1) is 11.1. The lowest BCUT2D eigenvalue weighted by atomic mass is 10.1. The van der Waals surface area contributed by atoms with Gasteiger partial charge in [0, 0.05) is 16.8 Å². The van der Waals surface area contributed by atoms with E-state index in [9.17, 15) is 9.59 Å². The van der Waals surface area contributed by atoms with Gasteiger partial charge in [0.05, 0.1) is 10.6 Å². The molecule has 0 saturated heterocycles. The van der Waals surface area contributed by atoms with E-state index >= 15 is 0 Å². The third-order valence-corrected chi connectivity index (χ3v) is 4.25. The maximum absolute atomic E-state index is 12.6. The number of primary amides is 1. The quantitative estimate of drug-likeness (QED) is 0.701. The van der Waals surface area contributed by atoms with Gasteiger partial charge in [-0.15, -0.1) is 11.3 Å². The van der Waals surface area contributed by atoms with Crippen molar-refractivity contribution in [3.05, 3.63) is 82.0 Å². The van der Waals surface area contributed by atoms with Gasteiger partial charge in [-0.05, 0) is 29.6 Å². The van der Waals surface area contributed by atoms with Crippen molar-refractivity contribution in [1.82, 2.24) is 0 Å². The van der Waals surface area contributed by atoms with Crippen LogP contribution < -0.4 is 11.1 Å². The smallest absolute Gasteiger partial charge is 0.248 e. The Balaban J connectivity index is 1.89. The molecule has 3 N–H and O–H groups in total. The number of thiophene rings is 1. The fourth-order valence-corrected chi connectivity index (χ4v) is 3.02. The highest BCUT2D eigenvalue weighted by Gasteiger charge is 2.15. The maximum atomic E-state index is 12.6. The van der Waals surface area contributed by atoms with E-state index in [1.807, 2.05) is 35.7 Å². The summed E-state index contributed by atoms with van der Waals surface area (Å²) in [7, 11) is 0. The number of anilines is 2. The minimum absolute atomic E-state index is 0.0332. The highest BCUT2D eigenvalue weighted by atomic mass is 32.1. The van der Waals surface area contributed by atoms with Crippen LogP contribution >= 0.6 is 11.3 Å². The lowest BCUT2D eigenvalue weighted by molar-refractivity contribution is 0.0998. The zero-order chi connectivity index (χ0) is 16.2. The van der Waals surface area contributed by atoms with Crippen molar-refractivity contribution in [3.8, 4) is 0 Å². The van der Waals surface area contributed by atoms with Gasteiger partial charge in [-0.25, -0.2) is 0 Å². The van der Waals surface area contributed by atoms with Crippen molar-refractivity contribution < 1.29 is 9.59 Å². The first-order valence-corrected chi connectivity index (χ1v) is 7.87. The highest BCUT2D eigenvalue weighted by molar-refractivity contribution is 7.13. The third kappa shape index (κ3) is 3.30. The molecule has 0 radical (unpaired) electrons. The van der Waals surface area contributed by atoms with E-state index in [0.29, 0.717) is 27.4 Å². The molecule has 1 heterocycles. The molecule has 0 bridgehead atoms. The van der Waals surface area contributed by atoms with E-state index in [1.165, 1.54) is 11.3 Å². The van der Waals surface area contributed by atoms with Crippen molar-refractivity contribution in [2.75, 3.05) is 5.32 Å². The summed E-state index contributed by atoms with van der Waals surface area (Å²) in [5.41, 5.74) is 7.78. The second-order valence-corrected chi connectivity index (χ2v) is 5.84. The molecule has 0 unspecified atom stereocenters. The molecule has 1 aromatic heterocycles. The monoisotopic (exact) mass is 322 g/mol. The lowest BCUT2D eigenvalue weighted by Gasteiger charge is -2.08. The molecule has 2 aromatic carbocycles. The van der Waals surface area contributed by atoms with Gasteiger partial charge in [0.15, 0.2) is 0 Å². The summed E-state index contributed by atoms with van der Waals surface area (Å²) in [6.07, 6.45) is 0. The summed E-state index contributed by atoms with van der Waals surface area (Å²) in [6, 6.07) is 17.9. The Bertz CT molecular complexity index is 856. The number of amides is 1. The molecule has 0 fully saturated rings. The largest absolute Gasteiger partial charge is 0.366 e. The zero-order valence-corrected chi connectivity index (χ0v) is 13.0. The molecular weight excluding hydrogens is 308 g/mol. The maximum Gasteiger partial charge on any atom is 0.248 e. The molecule has 23 heavy (non-hydrogen) atoms. The average molecular weight is 322 g/mol. The molecule has 0 spiro atoms. The van der Waals surface area contributed by atoms with Crippen LogP contribution in [0, 0.1) is 0 Å². The molecule has 0 aliphatic heterocycles. The van der Waals surface area contributed by atoms with Crippen LogP contribution in [0.5, 0.6) is 0 Å². The molecule has 3 rings (SSSR count). The fraction of sp³-hybridized carbons (Fsp3) is 0. The summed E-state index contributed by atoms with van der Waals surface area (Å²) in [5, 5.41) is 5.04. The van der Waals surface area contributed by atoms with Gasteiger partial charge >= 0.3 is 0 Å². The van der Waals surface area contributed by atoms with Gasteiger partial charge in [0.1, 0.15) is 0 Å². The number of ketones is 1. The molecule has 5 heteroatoms. The summed E-state index contributed by atoms with van der Waals surface area (Å²) >= 11 is 1.38. The Morgan fingerprint density at radius 1 is 0.913 bits per heavy atom. The number of hydrogen-bond donors (Lipinski definition) is 2. The molecule has 3 aromatic rings. The number of carbonyl (C=O) groups is 2. The standard InChI is InChI=1S/C18H14N2O2S/c19-18(22)13-7-4-8-14(11-13)20-15-9-10-23-17(15)16(21)12-5-2-1-3-6-12/h1-11,20H,(H2,19,22). The van der Waals surface area contributed by atoms with E-state index in [-0.39, 0.29) is 5.78 Å². The van der Waals surface area contributed by atoms with Gasteiger partial charge < -0.3 is 11.1 Å². The van der Waals surface area contributed by atoms with Crippen molar-refractivity contribution in [2.45, 2.75) is 0 Å². The third-order valence-electron chi connectivity index (χ3n) is 3.33. The summed E-state index contributed by atoms with van der Waals surface area (Å²) in [4.78, 5) is 24.5. The Hall–Kier alpha value is -2.92. The molecule has 1 amide bonds. The van der Waals surface area contributed by atoms with Crippen molar-refractivity contribution in [3.63, 3.8) is 0 Å². The number of hydrogen-bond acceptors (Lipinski definition) is 4. The van der Waals surface area contributed by atoms with Crippen LogP contribution in [0.3, 0.4) is 0 Å². The van der Waals surface area contributed by atoms with E-state index in [1.54, 1.807) is 30.3 Å². The van der Waals surface area contributed by atoms with Gasteiger partial charge in [0.25, 0.3) is 0 Å². The summed E-state index contributed by atoms with van der Waals surface area (Å²) < 4.78 is 0. The predicted molar refractivity (Wildman–Crippen MR) is 92.4 cm³/mol. The van der Waals surface area contributed by atoms with Crippen LogP contribution in [-0.4, -0.2) is 11.7 Å². The molecule has 0 aliphatic rings. The van der Waals surface area contributed by atoms with Crippen molar-refractivity contribution >= 4 is 34.4 Å². The average Bonchev–Trinajstić information content (AvgIpc) is 3.03. The zero-order valence-electron chi connectivity index (χ0n) is 12.2. The first kappa shape index (κ1) is 15.0. The molecule has 0 aliphatic carbocycles. The number of carbonyl (C=O) groups excluding carboxylic acids is 2. The van der Waals surface area contributed by atoms with Crippen molar-refractivity contribution in [2.24, 2.45) is 5.73 Å². The fourth-order valence-electron chi connectivity index (χ4n) is 2.21. The summed E-state index contributed by atoms with van der Waals surface area (Å²) in [5.74, 6) is -0.520. The number of nitrogens with one attached hydrogen (secondary N) is 1. The van der Waals surface area contributed by atoms with Gasteiger partial charge in [0.2, 0.25) is 11.7 Å². The first-order valence-electron chi connectivity index (χ1n) is 6.99. The van der Waals surface area contributed by atoms with E-state index in [2.05, 4.69) is 5.32 Å². The molecule has 0 saturated carbocycles. The predicted octanol–water partition coefficient (Wildman–Crippen LogP) is 3.82. The normalized spacial score (nSPS) is 10.3. The van der Waals surface area contributed by atoms with E-state index in [0.717, 1.165) is 0 Å².